The third kappa shape index (κ3) is 2.64. The van der Waals surface area contributed by atoms with E-state index in [1.165, 1.54) is 37.7 Å². The molecule has 1 spiro atoms. The first-order valence-electron chi connectivity index (χ1n) is 8.13. The lowest BCUT2D eigenvalue weighted by Gasteiger charge is -2.58. The van der Waals surface area contributed by atoms with Gasteiger partial charge in [-0.25, -0.2) is 0 Å². The lowest BCUT2D eigenvalue weighted by atomic mass is 9.48. The molecular weight excluding hydrogens is 246 g/mol. The van der Waals surface area contributed by atoms with Gasteiger partial charge in [-0.05, 0) is 49.6 Å². The number of rotatable bonds is 5. The van der Waals surface area contributed by atoms with Gasteiger partial charge in [-0.3, -0.25) is 0 Å². The van der Waals surface area contributed by atoms with E-state index in [1.807, 2.05) is 0 Å². The Morgan fingerprint density at radius 3 is 2.45 bits per heavy atom. The van der Waals surface area contributed by atoms with Gasteiger partial charge in [-0.1, -0.05) is 37.3 Å². The Kier molecular flexibility index (Phi) is 4.13. The fourth-order valence-corrected chi connectivity index (χ4v) is 4.27. The summed E-state index contributed by atoms with van der Waals surface area (Å²) in [5, 5.41) is 3.67. The van der Waals surface area contributed by atoms with E-state index in [9.17, 15) is 0 Å². The third-order valence-corrected chi connectivity index (χ3v) is 5.26. The Morgan fingerprint density at radius 2 is 1.80 bits per heavy atom. The van der Waals surface area contributed by atoms with Crippen LogP contribution in [0.3, 0.4) is 0 Å². The lowest BCUT2D eigenvalue weighted by Crippen LogP contribution is -2.56. The molecule has 0 unspecified atom stereocenters. The maximum atomic E-state index is 5.56. The normalized spacial score (nSPS) is 23.4. The summed E-state index contributed by atoms with van der Waals surface area (Å²) in [6, 6.07) is 11.1. The van der Waals surface area contributed by atoms with Crippen molar-refractivity contribution >= 4 is 0 Å². The molecule has 1 aromatic rings. The summed E-state index contributed by atoms with van der Waals surface area (Å²) in [6.45, 7) is 6.43. The third-order valence-electron chi connectivity index (χ3n) is 5.26. The van der Waals surface area contributed by atoms with Crippen molar-refractivity contribution in [3.63, 3.8) is 0 Å². The highest BCUT2D eigenvalue weighted by Gasteiger charge is 2.54. The predicted octanol–water partition coefficient (Wildman–Crippen LogP) is 3.51. The van der Waals surface area contributed by atoms with Crippen LogP contribution in [-0.2, 0) is 10.2 Å². The molecule has 1 aliphatic carbocycles. The first kappa shape index (κ1) is 14.1. The van der Waals surface area contributed by atoms with Gasteiger partial charge in [0, 0.05) is 25.2 Å². The highest BCUT2D eigenvalue weighted by molar-refractivity contribution is 5.31. The summed E-state index contributed by atoms with van der Waals surface area (Å²) in [5.74, 6) is 0. The molecule has 0 bridgehead atoms. The van der Waals surface area contributed by atoms with E-state index in [4.69, 9.17) is 4.74 Å². The number of ether oxygens (including phenoxy) is 1. The first-order valence-corrected chi connectivity index (χ1v) is 8.13. The number of hydrogen-bond acceptors (Lipinski definition) is 2. The zero-order valence-corrected chi connectivity index (χ0v) is 12.7. The second kappa shape index (κ2) is 5.87. The molecule has 1 heterocycles. The van der Waals surface area contributed by atoms with Gasteiger partial charge in [0.15, 0.2) is 0 Å². The topological polar surface area (TPSA) is 21.3 Å². The Balaban J connectivity index is 1.73. The average molecular weight is 273 g/mol. The maximum Gasteiger partial charge on any atom is 0.0471 e. The molecular formula is C18H27NO. The van der Waals surface area contributed by atoms with Gasteiger partial charge in [0.1, 0.15) is 0 Å². The minimum atomic E-state index is 0.369. The smallest absolute Gasteiger partial charge is 0.0471 e. The Bertz CT molecular complexity index is 414. The van der Waals surface area contributed by atoms with Crippen molar-refractivity contribution in [1.29, 1.82) is 0 Å². The summed E-state index contributed by atoms with van der Waals surface area (Å²) in [4.78, 5) is 0. The van der Waals surface area contributed by atoms with Crippen molar-refractivity contribution in [1.82, 2.24) is 5.32 Å². The van der Waals surface area contributed by atoms with Gasteiger partial charge >= 0.3 is 0 Å². The molecule has 1 aromatic carbocycles. The second-order valence-corrected chi connectivity index (χ2v) is 6.79. The van der Waals surface area contributed by atoms with E-state index >= 15 is 0 Å². The van der Waals surface area contributed by atoms with Gasteiger partial charge < -0.3 is 10.1 Å². The van der Waals surface area contributed by atoms with Crippen LogP contribution in [0.15, 0.2) is 30.3 Å². The van der Waals surface area contributed by atoms with Crippen molar-refractivity contribution < 1.29 is 4.74 Å². The van der Waals surface area contributed by atoms with Crippen molar-refractivity contribution in [3.8, 4) is 0 Å². The zero-order chi connectivity index (χ0) is 13.9. The molecule has 2 fully saturated rings. The molecule has 2 aliphatic rings. The van der Waals surface area contributed by atoms with Crippen LogP contribution in [0.2, 0.25) is 0 Å². The van der Waals surface area contributed by atoms with E-state index < -0.39 is 0 Å². The minimum Gasteiger partial charge on any atom is -0.381 e. The van der Waals surface area contributed by atoms with E-state index in [1.54, 1.807) is 0 Å². The SMILES string of the molecule is CCCNCC1(c2ccccc2)CC2(CCOCC2)C1. The summed E-state index contributed by atoms with van der Waals surface area (Å²) >= 11 is 0. The molecule has 0 aromatic heterocycles. The van der Waals surface area contributed by atoms with E-state index in [0.717, 1.165) is 26.3 Å². The molecule has 3 rings (SSSR count). The predicted molar refractivity (Wildman–Crippen MR) is 83.0 cm³/mol. The standard InChI is InChI=1S/C18H27NO/c1-2-10-19-15-18(16-6-4-3-5-7-16)13-17(14-18)8-11-20-12-9-17/h3-7,19H,2,8-15H2,1H3. The van der Waals surface area contributed by atoms with Crippen LogP contribution >= 0.6 is 0 Å². The second-order valence-electron chi connectivity index (χ2n) is 6.79. The number of benzene rings is 1. The highest BCUT2D eigenvalue weighted by atomic mass is 16.5. The van der Waals surface area contributed by atoms with Crippen LogP contribution < -0.4 is 5.32 Å². The Labute approximate surface area is 122 Å². The number of hydrogen-bond donors (Lipinski definition) is 1. The molecule has 20 heavy (non-hydrogen) atoms. The molecule has 0 radical (unpaired) electrons. The molecule has 0 amide bonds. The van der Waals surface area contributed by atoms with E-state index in [0.29, 0.717) is 10.8 Å². The van der Waals surface area contributed by atoms with E-state index in [-0.39, 0.29) is 0 Å². The van der Waals surface area contributed by atoms with Crippen LogP contribution in [0.4, 0.5) is 0 Å². The Morgan fingerprint density at radius 1 is 1.10 bits per heavy atom. The summed E-state index contributed by atoms with van der Waals surface area (Å²) < 4.78 is 5.56. The zero-order valence-electron chi connectivity index (χ0n) is 12.7. The van der Waals surface area contributed by atoms with Gasteiger partial charge in [-0.15, -0.1) is 0 Å². The monoisotopic (exact) mass is 273 g/mol. The van der Waals surface area contributed by atoms with Crippen molar-refractivity contribution in [2.45, 2.75) is 44.4 Å². The molecule has 1 saturated heterocycles. The Hall–Kier alpha value is -0.860. The summed E-state index contributed by atoms with van der Waals surface area (Å²) in [5.41, 5.74) is 2.47. The van der Waals surface area contributed by atoms with Crippen LogP contribution in [0, 0.1) is 5.41 Å². The van der Waals surface area contributed by atoms with Gasteiger partial charge in [0.05, 0.1) is 0 Å². The largest absolute Gasteiger partial charge is 0.381 e. The molecule has 110 valence electrons. The summed E-state index contributed by atoms with van der Waals surface area (Å²) in [7, 11) is 0. The van der Waals surface area contributed by atoms with E-state index in [2.05, 4.69) is 42.6 Å². The van der Waals surface area contributed by atoms with Crippen LogP contribution in [0.25, 0.3) is 0 Å². The van der Waals surface area contributed by atoms with Crippen LogP contribution in [-0.4, -0.2) is 26.3 Å². The quantitative estimate of drug-likeness (QED) is 0.829. The number of nitrogens with one attached hydrogen (secondary N) is 1. The molecule has 1 aliphatic heterocycles. The molecule has 1 saturated carbocycles. The first-order chi connectivity index (χ1) is 9.79. The van der Waals surface area contributed by atoms with Gasteiger partial charge in [0.25, 0.3) is 0 Å². The van der Waals surface area contributed by atoms with Crippen molar-refractivity contribution in [2.75, 3.05) is 26.3 Å². The minimum absolute atomic E-state index is 0.369. The molecule has 0 atom stereocenters. The molecule has 1 N–H and O–H groups in total. The molecule has 2 nitrogen and oxygen atoms in total. The molecule has 2 heteroatoms. The highest BCUT2D eigenvalue weighted by Crippen LogP contribution is 2.59. The fraction of sp³-hybridized carbons (Fsp3) is 0.667. The van der Waals surface area contributed by atoms with Crippen LogP contribution in [0.1, 0.15) is 44.6 Å². The maximum absolute atomic E-state index is 5.56. The lowest BCUT2D eigenvalue weighted by molar-refractivity contribution is -0.0736. The van der Waals surface area contributed by atoms with Gasteiger partial charge in [-0.2, -0.15) is 0 Å². The van der Waals surface area contributed by atoms with Crippen LogP contribution in [0.5, 0.6) is 0 Å². The van der Waals surface area contributed by atoms with Gasteiger partial charge in [0.2, 0.25) is 0 Å². The summed E-state index contributed by atoms with van der Waals surface area (Å²) in [6.07, 6.45) is 6.41. The fourth-order valence-electron chi connectivity index (χ4n) is 4.27. The van der Waals surface area contributed by atoms with Crippen molar-refractivity contribution in [2.24, 2.45) is 5.41 Å². The van der Waals surface area contributed by atoms with Crippen molar-refractivity contribution in [3.05, 3.63) is 35.9 Å². The average Bonchev–Trinajstić information content (AvgIpc) is 2.47.